The Balaban J connectivity index is 0.940. The molecule has 2 heterocycles. The van der Waals surface area contributed by atoms with Gasteiger partial charge in [-0.1, -0.05) is 146 Å². The maximum Gasteiger partial charge on any atom is 0.135 e. The second kappa shape index (κ2) is 14.3. The second-order valence-electron chi connectivity index (χ2n) is 15.7. The number of para-hydroxylation sites is 2. The van der Waals surface area contributed by atoms with E-state index < -0.39 is 0 Å². The van der Waals surface area contributed by atoms with Crippen molar-refractivity contribution in [3.8, 4) is 44.5 Å². The van der Waals surface area contributed by atoms with E-state index in [9.17, 15) is 0 Å². The average molecular weight is 780 g/mol. The summed E-state index contributed by atoms with van der Waals surface area (Å²) in [6.07, 6.45) is 0. The number of fused-ring (bicyclic) bond motifs is 7. The summed E-state index contributed by atoms with van der Waals surface area (Å²) in [5.41, 5.74) is 16.2. The monoisotopic (exact) mass is 779 g/mol. The molecule has 0 unspecified atom stereocenters. The minimum atomic E-state index is 0.900. The third-order valence-electron chi connectivity index (χ3n) is 12.1. The summed E-state index contributed by atoms with van der Waals surface area (Å²) < 4.78 is 12.3. The first kappa shape index (κ1) is 34.9. The lowest BCUT2D eigenvalue weighted by atomic mass is 9.95. The Kier molecular flexibility index (Phi) is 8.17. The fraction of sp³-hybridized carbons (Fsp3) is 0. The highest BCUT2D eigenvalue weighted by molar-refractivity contribution is 6.07. The van der Waals surface area contributed by atoms with Crippen molar-refractivity contribution in [2.75, 3.05) is 4.90 Å². The fourth-order valence-electron chi connectivity index (χ4n) is 9.03. The molecule has 0 aliphatic heterocycles. The molecule has 0 aliphatic rings. The van der Waals surface area contributed by atoms with Crippen LogP contribution in [0.1, 0.15) is 0 Å². The molecule has 12 aromatic rings. The van der Waals surface area contributed by atoms with Gasteiger partial charge in [-0.05, 0) is 134 Å². The molecule has 0 atom stereocenters. The molecule has 0 radical (unpaired) electrons. The zero-order valence-electron chi connectivity index (χ0n) is 33.1. The van der Waals surface area contributed by atoms with Gasteiger partial charge in [0.1, 0.15) is 22.3 Å². The zero-order chi connectivity index (χ0) is 40.3. The number of rotatable bonds is 7. The van der Waals surface area contributed by atoms with Gasteiger partial charge in [0.25, 0.3) is 0 Å². The number of nitrogens with zero attached hydrogens (tertiary/aromatic N) is 1. The third-order valence-corrected chi connectivity index (χ3v) is 12.1. The Labute approximate surface area is 353 Å². The minimum absolute atomic E-state index is 0.900. The summed E-state index contributed by atoms with van der Waals surface area (Å²) in [5.74, 6) is 0. The zero-order valence-corrected chi connectivity index (χ0v) is 33.1. The lowest BCUT2D eigenvalue weighted by Crippen LogP contribution is -2.10. The predicted molar refractivity (Wildman–Crippen MR) is 255 cm³/mol. The van der Waals surface area contributed by atoms with Crippen molar-refractivity contribution < 1.29 is 8.83 Å². The highest BCUT2D eigenvalue weighted by Crippen LogP contribution is 2.41. The van der Waals surface area contributed by atoms with Crippen LogP contribution in [0.3, 0.4) is 0 Å². The lowest BCUT2D eigenvalue weighted by molar-refractivity contribution is 0.668. The van der Waals surface area contributed by atoms with Crippen molar-refractivity contribution in [2.24, 2.45) is 0 Å². The summed E-state index contributed by atoms with van der Waals surface area (Å²) in [6, 6.07) is 80.2. The van der Waals surface area contributed by atoms with Gasteiger partial charge >= 0.3 is 0 Å². The Morgan fingerprint density at radius 1 is 0.246 bits per heavy atom. The van der Waals surface area contributed by atoms with Crippen molar-refractivity contribution in [1.29, 1.82) is 0 Å². The molecule has 0 amide bonds. The summed E-state index contributed by atoms with van der Waals surface area (Å²) in [4.78, 5) is 2.35. The Morgan fingerprint density at radius 2 is 0.689 bits per heavy atom. The van der Waals surface area contributed by atoms with Crippen molar-refractivity contribution in [3.63, 3.8) is 0 Å². The van der Waals surface area contributed by atoms with Crippen molar-refractivity contribution in [1.82, 2.24) is 0 Å². The molecular formula is C58H37NO2. The van der Waals surface area contributed by atoms with Crippen LogP contribution in [0.5, 0.6) is 0 Å². The van der Waals surface area contributed by atoms with Crippen molar-refractivity contribution >= 4 is 71.7 Å². The number of hydrogen-bond donors (Lipinski definition) is 0. The molecule has 10 aromatic carbocycles. The number of furan rings is 2. The van der Waals surface area contributed by atoms with E-state index in [0.29, 0.717) is 0 Å². The van der Waals surface area contributed by atoms with E-state index in [0.717, 1.165) is 88.8 Å². The number of hydrogen-bond acceptors (Lipinski definition) is 3. The summed E-state index contributed by atoms with van der Waals surface area (Å²) in [6.45, 7) is 0. The van der Waals surface area contributed by atoms with Crippen LogP contribution >= 0.6 is 0 Å². The first-order valence-corrected chi connectivity index (χ1v) is 20.7. The van der Waals surface area contributed by atoms with E-state index in [2.05, 4.69) is 205 Å². The standard InChI is InChI=1S/C58H37NO2/c1-2-16-49-40(10-1)11-9-19-50(49)45-14-7-12-41(34-45)42-13-8-15-48(35-42)59(46-28-22-38(23-29-46)43-26-32-57-53(36-43)51-17-3-5-20-55(51)60-57)47-30-24-39(25-31-47)44-27-33-58-54(37-44)52-18-4-6-21-56(52)61-58/h1-37H. The van der Waals surface area contributed by atoms with E-state index in [1.54, 1.807) is 0 Å². The number of anilines is 3. The molecule has 286 valence electrons. The maximum absolute atomic E-state index is 6.14. The summed E-state index contributed by atoms with van der Waals surface area (Å²) in [5, 5.41) is 7.01. The van der Waals surface area contributed by atoms with Crippen LogP contribution in [-0.4, -0.2) is 0 Å². The highest BCUT2D eigenvalue weighted by atomic mass is 16.3. The Hall–Kier alpha value is -8.14. The van der Waals surface area contributed by atoms with Gasteiger partial charge in [-0.2, -0.15) is 0 Å². The van der Waals surface area contributed by atoms with Crippen molar-refractivity contribution in [2.45, 2.75) is 0 Å². The number of benzene rings is 10. The van der Waals surface area contributed by atoms with E-state index in [-0.39, 0.29) is 0 Å². The summed E-state index contributed by atoms with van der Waals surface area (Å²) in [7, 11) is 0. The van der Waals surface area contributed by atoms with Gasteiger partial charge in [0, 0.05) is 38.6 Å². The lowest BCUT2D eigenvalue weighted by Gasteiger charge is -2.26. The molecule has 12 rings (SSSR count). The van der Waals surface area contributed by atoms with E-state index >= 15 is 0 Å². The molecule has 61 heavy (non-hydrogen) atoms. The molecule has 0 fully saturated rings. The van der Waals surface area contributed by atoms with Gasteiger partial charge in [0.2, 0.25) is 0 Å². The van der Waals surface area contributed by atoms with E-state index in [1.165, 1.54) is 27.5 Å². The van der Waals surface area contributed by atoms with Crippen LogP contribution in [-0.2, 0) is 0 Å². The van der Waals surface area contributed by atoms with Crippen LogP contribution in [0.2, 0.25) is 0 Å². The molecule has 3 heteroatoms. The van der Waals surface area contributed by atoms with Gasteiger partial charge in [-0.25, -0.2) is 0 Å². The minimum Gasteiger partial charge on any atom is -0.456 e. The van der Waals surface area contributed by atoms with Gasteiger partial charge in [0.05, 0.1) is 0 Å². The Morgan fingerprint density at radius 3 is 1.31 bits per heavy atom. The Bertz CT molecular complexity index is 3430. The topological polar surface area (TPSA) is 29.5 Å². The molecular weight excluding hydrogens is 743 g/mol. The first-order valence-electron chi connectivity index (χ1n) is 20.7. The smallest absolute Gasteiger partial charge is 0.135 e. The second-order valence-corrected chi connectivity index (χ2v) is 15.7. The average Bonchev–Trinajstić information content (AvgIpc) is 3.90. The molecule has 0 saturated carbocycles. The summed E-state index contributed by atoms with van der Waals surface area (Å²) >= 11 is 0. The normalized spacial score (nSPS) is 11.6. The molecule has 3 nitrogen and oxygen atoms in total. The van der Waals surface area contributed by atoms with Gasteiger partial charge < -0.3 is 13.7 Å². The highest BCUT2D eigenvalue weighted by Gasteiger charge is 2.16. The first-order chi connectivity index (χ1) is 30.2. The maximum atomic E-state index is 6.14. The predicted octanol–water partition coefficient (Wildman–Crippen LogP) is 16.8. The molecule has 0 bridgehead atoms. The largest absolute Gasteiger partial charge is 0.456 e. The molecule has 0 aliphatic carbocycles. The van der Waals surface area contributed by atoms with Gasteiger partial charge in [-0.15, -0.1) is 0 Å². The van der Waals surface area contributed by atoms with Crippen LogP contribution in [0.15, 0.2) is 233 Å². The quantitative estimate of drug-likeness (QED) is 0.161. The molecule has 0 N–H and O–H groups in total. The SMILES string of the molecule is c1cc(-c2cccc(N(c3ccc(-c4ccc5oc6ccccc6c5c4)cc3)c3ccc(-c4ccc5oc6ccccc6c5c4)cc3)c2)cc(-c2cccc3ccccc23)c1. The van der Waals surface area contributed by atoms with Crippen LogP contribution in [0.25, 0.3) is 99.2 Å². The van der Waals surface area contributed by atoms with Gasteiger partial charge in [-0.3, -0.25) is 0 Å². The molecule has 2 aromatic heterocycles. The molecule has 0 saturated heterocycles. The molecule has 0 spiro atoms. The van der Waals surface area contributed by atoms with E-state index in [4.69, 9.17) is 8.83 Å². The van der Waals surface area contributed by atoms with Crippen LogP contribution in [0, 0.1) is 0 Å². The van der Waals surface area contributed by atoms with Crippen LogP contribution < -0.4 is 4.90 Å². The third kappa shape index (κ3) is 6.14. The van der Waals surface area contributed by atoms with Gasteiger partial charge in [0.15, 0.2) is 0 Å². The van der Waals surface area contributed by atoms with Crippen molar-refractivity contribution in [3.05, 3.63) is 224 Å². The van der Waals surface area contributed by atoms with Crippen LogP contribution in [0.4, 0.5) is 17.1 Å². The fourth-order valence-corrected chi connectivity index (χ4v) is 9.03. The van der Waals surface area contributed by atoms with E-state index in [1.807, 2.05) is 24.3 Å².